The van der Waals surface area contributed by atoms with Crippen LogP contribution in [0.15, 0.2) is 41.6 Å². The van der Waals surface area contributed by atoms with E-state index in [4.69, 9.17) is 17.0 Å². The molecule has 0 bridgehead atoms. The highest BCUT2D eigenvalue weighted by molar-refractivity contribution is 7.80. The van der Waals surface area contributed by atoms with Crippen LogP contribution in [0.2, 0.25) is 0 Å². The number of methoxy groups -OCH3 is 1. The maximum absolute atomic E-state index is 12.7. The summed E-state index contributed by atoms with van der Waals surface area (Å²) < 4.78 is 42.9. The van der Waals surface area contributed by atoms with Crippen molar-refractivity contribution in [3.63, 3.8) is 0 Å². The van der Waals surface area contributed by atoms with Gasteiger partial charge in [0, 0.05) is 11.1 Å². The van der Waals surface area contributed by atoms with Crippen LogP contribution >= 0.6 is 12.2 Å². The summed E-state index contributed by atoms with van der Waals surface area (Å²) in [6.45, 7) is 5.80. The molecule has 1 atom stereocenters. The average Bonchev–Trinajstić information content (AvgIpc) is 2.57. The van der Waals surface area contributed by atoms with E-state index in [9.17, 15) is 18.0 Å². The lowest BCUT2D eigenvalue weighted by Gasteiger charge is -2.35. The molecule has 1 heterocycles. The van der Waals surface area contributed by atoms with Crippen LogP contribution in [0.4, 0.5) is 13.2 Å². The largest absolute Gasteiger partial charge is 0.466 e. The molecule has 0 saturated heterocycles. The first-order valence-corrected chi connectivity index (χ1v) is 8.60. The van der Waals surface area contributed by atoms with E-state index in [1.165, 1.54) is 19.2 Å². The van der Waals surface area contributed by atoms with Gasteiger partial charge in [-0.3, -0.25) is 0 Å². The fraction of sp³-hybridized carbons (Fsp3) is 0.368. The molecule has 0 aliphatic carbocycles. The van der Waals surface area contributed by atoms with Crippen LogP contribution in [-0.2, 0) is 15.7 Å². The lowest BCUT2D eigenvalue weighted by atomic mass is 9.85. The molecular weight excluding hydrogens is 377 g/mol. The summed E-state index contributed by atoms with van der Waals surface area (Å²) in [6, 6.07) is 4.19. The predicted molar refractivity (Wildman–Crippen MR) is 102 cm³/mol. The number of alkyl halides is 3. The monoisotopic (exact) mass is 398 g/mol. The van der Waals surface area contributed by atoms with Crippen molar-refractivity contribution in [3.05, 3.63) is 52.7 Å². The average molecular weight is 398 g/mol. The second-order valence-electron chi connectivity index (χ2n) is 7.09. The molecule has 2 N–H and O–H groups in total. The fourth-order valence-electron chi connectivity index (χ4n) is 2.65. The number of carbonyl (C=O) groups excluding carboxylic acids is 1. The number of hydrogen-bond acceptors (Lipinski definition) is 3. The molecule has 146 valence electrons. The molecule has 0 amide bonds. The third kappa shape index (κ3) is 5.09. The minimum absolute atomic E-state index is 0.356. The van der Waals surface area contributed by atoms with E-state index in [2.05, 4.69) is 10.6 Å². The molecule has 8 heteroatoms. The van der Waals surface area contributed by atoms with Crippen molar-refractivity contribution in [2.75, 3.05) is 7.11 Å². The molecule has 4 nitrogen and oxygen atoms in total. The predicted octanol–water partition coefficient (Wildman–Crippen LogP) is 4.04. The Hall–Kier alpha value is -2.35. The van der Waals surface area contributed by atoms with Gasteiger partial charge in [0.1, 0.15) is 0 Å². The van der Waals surface area contributed by atoms with Gasteiger partial charge in [-0.05, 0) is 29.9 Å². The first kappa shape index (κ1) is 21.0. The molecule has 0 unspecified atom stereocenters. The van der Waals surface area contributed by atoms with Gasteiger partial charge in [-0.25, -0.2) is 4.79 Å². The van der Waals surface area contributed by atoms with E-state index < -0.39 is 29.2 Å². The number of halogens is 3. The highest BCUT2D eigenvalue weighted by atomic mass is 32.1. The number of thiocarbonyl (C=S) groups is 1. The number of esters is 1. The summed E-state index contributed by atoms with van der Waals surface area (Å²) in [7, 11) is 1.29. The molecule has 1 aromatic carbocycles. The summed E-state index contributed by atoms with van der Waals surface area (Å²) >= 11 is 5.23. The molecule has 2 rings (SSSR count). The summed E-state index contributed by atoms with van der Waals surface area (Å²) in [4.78, 5) is 12.3. The molecular formula is C19H21F3N2O2S. The number of carbonyl (C=O) groups is 1. The molecule has 1 aromatic rings. The van der Waals surface area contributed by atoms with Crippen molar-refractivity contribution in [3.8, 4) is 0 Å². The van der Waals surface area contributed by atoms with Crippen LogP contribution in [0.25, 0.3) is 6.08 Å². The Labute approximate surface area is 161 Å². The minimum Gasteiger partial charge on any atom is -0.466 e. The van der Waals surface area contributed by atoms with E-state index >= 15 is 0 Å². The zero-order valence-electron chi connectivity index (χ0n) is 15.4. The van der Waals surface area contributed by atoms with Crippen LogP contribution in [0.1, 0.15) is 31.9 Å². The Morgan fingerprint density at radius 1 is 1.19 bits per heavy atom. The van der Waals surface area contributed by atoms with Crippen molar-refractivity contribution in [1.29, 1.82) is 0 Å². The summed E-state index contributed by atoms with van der Waals surface area (Å²) in [5.41, 5.74) is 0.472. The van der Waals surface area contributed by atoms with E-state index in [-0.39, 0.29) is 0 Å². The van der Waals surface area contributed by atoms with Crippen LogP contribution in [-0.4, -0.2) is 24.2 Å². The Morgan fingerprint density at radius 3 is 2.26 bits per heavy atom. The third-order valence-corrected chi connectivity index (χ3v) is 4.20. The van der Waals surface area contributed by atoms with Gasteiger partial charge in [0.05, 0.1) is 24.3 Å². The molecule has 0 spiro atoms. The smallest absolute Gasteiger partial charge is 0.416 e. The van der Waals surface area contributed by atoms with Gasteiger partial charge in [-0.1, -0.05) is 45.1 Å². The van der Waals surface area contributed by atoms with E-state index in [1.54, 1.807) is 12.2 Å². The lowest BCUT2D eigenvalue weighted by molar-refractivity contribution is -0.138. The van der Waals surface area contributed by atoms with Crippen molar-refractivity contribution in [2.24, 2.45) is 5.41 Å². The molecule has 0 aromatic heterocycles. The normalized spacial score (nSPS) is 18.3. The third-order valence-electron chi connectivity index (χ3n) is 3.98. The van der Waals surface area contributed by atoms with E-state index in [0.717, 1.165) is 12.1 Å². The fourth-order valence-corrected chi connectivity index (χ4v) is 2.88. The SMILES string of the molecule is COC(=O)C1=C(C(C)(C)C)NC(=S)N[C@H]1/C=C/c1ccc(C(F)(F)F)cc1. The molecule has 27 heavy (non-hydrogen) atoms. The highest BCUT2D eigenvalue weighted by Gasteiger charge is 2.34. The Morgan fingerprint density at radius 2 is 1.78 bits per heavy atom. The van der Waals surface area contributed by atoms with Gasteiger partial charge >= 0.3 is 12.1 Å². The second-order valence-corrected chi connectivity index (χ2v) is 7.49. The zero-order chi connectivity index (χ0) is 20.4. The Bertz CT molecular complexity index is 791. The number of rotatable bonds is 3. The van der Waals surface area contributed by atoms with Gasteiger partial charge in [-0.2, -0.15) is 13.2 Å². The Kier molecular flexibility index (Phi) is 5.99. The number of benzene rings is 1. The van der Waals surface area contributed by atoms with Crippen molar-refractivity contribution in [2.45, 2.75) is 33.0 Å². The van der Waals surface area contributed by atoms with Crippen LogP contribution < -0.4 is 10.6 Å². The number of nitrogens with one attached hydrogen (secondary N) is 2. The van der Waals surface area contributed by atoms with Crippen LogP contribution in [0.3, 0.4) is 0 Å². The molecule has 0 saturated carbocycles. The van der Waals surface area contributed by atoms with Crippen LogP contribution in [0.5, 0.6) is 0 Å². The van der Waals surface area contributed by atoms with E-state index in [1.807, 2.05) is 20.8 Å². The Balaban J connectivity index is 2.38. The van der Waals surface area contributed by atoms with Gasteiger partial charge in [0.25, 0.3) is 0 Å². The number of ether oxygens (including phenoxy) is 1. The quantitative estimate of drug-likeness (QED) is 0.595. The second kappa shape index (κ2) is 7.72. The highest BCUT2D eigenvalue weighted by Crippen LogP contribution is 2.31. The summed E-state index contributed by atoms with van der Waals surface area (Å²) in [5.74, 6) is -0.510. The first-order valence-electron chi connectivity index (χ1n) is 8.19. The molecule has 1 aliphatic rings. The summed E-state index contributed by atoms with van der Waals surface area (Å²) in [5, 5.41) is 6.35. The van der Waals surface area contributed by atoms with Crippen molar-refractivity contribution >= 4 is 29.4 Å². The maximum atomic E-state index is 12.7. The minimum atomic E-state index is -4.38. The molecule has 1 aliphatic heterocycles. The zero-order valence-corrected chi connectivity index (χ0v) is 16.2. The van der Waals surface area contributed by atoms with Gasteiger partial charge in [-0.15, -0.1) is 0 Å². The van der Waals surface area contributed by atoms with Crippen LogP contribution in [0, 0.1) is 5.41 Å². The van der Waals surface area contributed by atoms with Crippen molar-refractivity contribution < 1.29 is 22.7 Å². The van der Waals surface area contributed by atoms with Crippen molar-refractivity contribution in [1.82, 2.24) is 10.6 Å². The standard InChI is InChI=1S/C19H21F3N2O2S/c1-18(2,3)15-14(16(25)26-4)13(23-17(27)24-15)10-7-11-5-8-12(9-6-11)19(20,21)22/h5-10,13H,1-4H3,(H2,23,24,27)/b10-7+/t13-/m0/s1. The van der Waals surface area contributed by atoms with E-state index in [0.29, 0.717) is 21.9 Å². The lowest BCUT2D eigenvalue weighted by Crippen LogP contribution is -2.51. The topological polar surface area (TPSA) is 50.4 Å². The molecule has 0 fully saturated rings. The van der Waals surface area contributed by atoms with Gasteiger partial charge in [0.2, 0.25) is 0 Å². The molecule has 0 radical (unpaired) electrons. The number of allylic oxidation sites excluding steroid dienone is 1. The maximum Gasteiger partial charge on any atom is 0.416 e. The summed E-state index contributed by atoms with van der Waals surface area (Å²) in [6.07, 6.45) is -1.07. The van der Waals surface area contributed by atoms with Gasteiger partial charge in [0.15, 0.2) is 5.11 Å². The number of hydrogen-bond donors (Lipinski definition) is 2. The van der Waals surface area contributed by atoms with Gasteiger partial charge < -0.3 is 15.4 Å². The first-order chi connectivity index (χ1) is 12.4.